The third-order valence-electron chi connectivity index (χ3n) is 3.78. The molecule has 0 bridgehead atoms. The van der Waals surface area contributed by atoms with Gasteiger partial charge < -0.3 is 10.1 Å². The van der Waals surface area contributed by atoms with Crippen LogP contribution in [0.4, 0.5) is 29.3 Å². The van der Waals surface area contributed by atoms with Crippen LogP contribution in [-0.4, -0.2) is 28.9 Å². The highest BCUT2D eigenvalue weighted by atomic mass is 35.5. The van der Waals surface area contributed by atoms with Gasteiger partial charge >= 0.3 is 12.4 Å². The summed E-state index contributed by atoms with van der Waals surface area (Å²) in [7, 11) is 0. The number of aliphatic imine (C=N–C) groups is 1. The van der Waals surface area contributed by atoms with Crippen molar-refractivity contribution in [3.63, 3.8) is 0 Å². The lowest BCUT2D eigenvalue weighted by atomic mass is 10.2. The summed E-state index contributed by atoms with van der Waals surface area (Å²) in [5.41, 5.74) is 0.874. The summed E-state index contributed by atoms with van der Waals surface area (Å²) in [6.07, 6.45) is -4.79. The minimum absolute atomic E-state index is 0.201. The van der Waals surface area contributed by atoms with Gasteiger partial charge in [0.05, 0.1) is 12.2 Å². The van der Waals surface area contributed by atoms with Crippen LogP contribution in [0, 0.1) is 0 Å². The first-order chi connectivity index (χ1) is 13.5. The van der Waals surface area contributed by atoms with E-state index in [1.54, 1.807) is 24.3 Å². The van der Waals surface area contributed by atoms with Crippen molar-refractivity contribution < 1.29 is 22.7 Å². The molecule has 1 heterocycles. The minimum atomic E-state index is -4.79. The Hall–Kier alpha value is -2.39. The highest BCUT2D eigenvalue weighted by Gasteiger charge is 2.34. The first-order valence-corrected chi connectivity index (χ1v) is 9.68. The van der Waals surface area contributed by atoms with E-state index in [9.17, 15) is 18.0 Å². The predicted octanol–water partition coefficient (Wildman–Crippen LogP) is 6.16. The Morgan fingerprint density at radius 3 is 2.31 bits per heavy atom. The van der Waals surface area contributed by atoms with Crippen molar-refractivity contribution in [1.82, 2.24) is 0 Å². The van der Waals surface area contributed by atoms with Gasteiger partial charge in [-0.1, -0.05) is 23.4 Å². The summed E-state index contributed by atoms with van der Waals surface area (Å²) < 4.78 is 40.9. The molecule has 10 heteroatoms. The number of ether oxygens (including phenoxy) is 1. The molecule has 0 aliphatic carbocycles. The van der Waals surface area contributed by atoms with Crippen LogP contribution in [0.15, 0.2) is 53.5 Å². The monoisotopic (exact) mass is 443 g/mol. The Morgan fingerprint density at radius 2 is 1.79 bits per heavy atom. The van der Waals surface area contributed by atoms with E-state index in [0.29, 0.717) is 28.1 Å². The van der Waals surface area contributed by atoms with Crippen molar-refractivity contribution in [2.75, 3.05) is 16.8 Å². The number of amides is 2. The summed E-state index contributed by atoms with van der Waals surface area (Å²) in [5.74, 6) is -0.374. The Balaban J connectivity index is 1.87. The van der Waals surface area contributed by atoms with Crippen molar-refractivity contribution in [3.8, 4) is 5.75 Å². The molecular formula is C19H17ClF3N3O2S. The fraction of sp³-hybridized carbons (Fsp3) is 0.263. The lowest BCUT2D eigenvalue weighted by Crippen LogP contribution is -2.38. The molecule has 0 saturated carbocycles. The molecule has 0 radical (unpaired) electrons. The highest BCUT2D eigenvalue weighted by molar-refractivity contribution is 8.15. The summed E-state index contributed by atoms with van der Waals surface area (Å²) in [5, 5.41) is 3.72. The third-order valence-corrected chi connectivity index (χ3v) is 5.21. The normalized spacial score (nSPS) is 15.6. The summed E-state index contributed by atoms with van der Waals surface area (Å²) in [6, 6.07) is 11.1. The fourth-order valence-corrected chi connectivity index (χ4v) is 3.67. The number of nitrogens with one attached hydrogen (secondary N) is 1. The molecule has 0 aromatic heterocycles. The number of thioether (sulfide) groups is 1. The molecule has 1 N–H and O–H groups in total. The van der Waals surface area contributed by atoms with Gasteiger partial charge in [0.2, 0.25) is 0 Å². The zero-order valence-electron chi connectivity index (χ0n) is 15.5. The molecule has 0 spiro atoms. The van der Waals surface area contributed by atoms with Gasteiger partial charge in [-0.2, -0.15) is 0 Å². The molecule has 1 aliphatic rings. The van der Waals surface area contributed by atoms with Gasteiger partial charge in [-0.15, -0.1) is 13.2 Å². The van der Waals surface area contributed by atoms with Gasteiger partial charge in [0, 0.05) is 15.5 Å². The van der Waals surface area contributed by atoms with Crippen molar-refractivity contribution in [1.29, 1.82) is 0 Å². The molecule has 0 saturated heterocycles. The Labute approximate surface area is 174 Å². The number of benzene rings is 2. The number of halogens is 4. The SMILES string of the molecule is CC1(C)CN=C(N(C(=O)Nc2ccc(Cl)cc2)c2ccc(OC(F)(F)F)cc2)S1. The molecule has 0 fully saturated rings. The lowest BCUT2D eigenvalue weighted by Gasteiger charge is -2.24. The first kappa shape index (κ1) is 21.3. The number of hydrogen-bond acceptors (Lipinski definition) is 4. The van der Waals surface area contributed by atoms with Crippen molar-refractivity contribution >= 4 is 45.9 Å². The van der Waals surface area contributed by atoms with E-state index in [1.165, 1.54) is 28.8 Å². The quantitative estimate of drug-likeness (QED) is 0.618. The van der Waals surface area contributed by atoms with Crippen molar-refractivity contribution in [2.24, 2.45) is 4.99 Å². The first-order valence-electron chi connectivity index (χ1n) is 8.48. The van der Waals surface area contributed by atoms with E-state index in [0.717, 1.165) is 12.1 Å². The summed E-state index contributed by atoms with van der Waals surface area (Å²) in [4.78, 5) is 18.7. The Morgan fingerprint density at radius 1 is 1.17 bits per heavy atom. The molecule has 29 heavy (non-hydrogen) atoms. The van der Waals surface area contributed by atoms with Crippen molar-refractivity contribution in [2.45, 2.75) is 25.0 Å². The second-order valence-corrected chi connectivity index (χ2v) is 8.89. The molecule has 1 aliphatic heterocycles. The standard InChI is InChI=1S/C19H17ClF3N3O2S/c1-18(2)11-24-17(29-18)26(16(27)25-13-5-3-12(20)4-6-13)14-7-9-15(10-8-14)28-19(21,22)23/h3-10H,11H2,1-2H3,(H,25,27). The maximum Gasteiger partial charge on any atom is 0.573 e. The average Bonchev–Trinajstić information content (AvgIpc) is 2.97. The van der Waals surface area contributed by atoms with E-state index < -0.39 is 12.4 Å². The smallest absolute Gasteiger partial charge is 0.406 e. The molecular weight excluding hydrogens is 427 g/mol. The Bertz CT molecular complexity index is 916. The Kier molecular flexibility index (Phi) is 6.00. The van der Waals surface area contributed by atoms with Gasteiger partial charge in [-0.3, -0.25) is 4.99 Å². The molecule has 0 unspecified atom stereocenters. The van der Waals surface area contributed by atoms with Crippen LogP contribution in [0.2, 0.25) is 5.02 Å². The van der Waals surface area contributed by atoms with Gasteiger partial charge in [0.1, 0.15) is 5.75 Å². The van der Waals surface area contributed by atoms with Crippen LogP contribution >= 0.6 is 23.4 Å². The van der Waals surface area contributed by atoms with Crippen LogP contribution in [0.5, 0.6) is 5.75 Å². The lowest BCUT2D eigenvalue weighted by molar-refractivity contribution is -0.274. The molecule has 0 atom stereocenters. The molecule has 5 nitrogen and oxygen atoms in total. The summed E-state index contributed by atoms with van der Waals surface area (Å²) in [6.45, 7) is 4.49. The van der Waals surface area contributed by atoms with Crippen molar-refractivity contribution in [3.05, 3.63) is 53.6 Å². The number of alkyl halides is 3. The van der Waals surface area contributed by atoms with Crippen LogP contribution in [0.1, 0.15) is 13.8 Å². The van der Waals surface area contributed by atoms with Gasteiger partial charge in [-0.05, 0) is 62.4 Å². The molecule has 154 valence electrons. The predicted molar refractivity (Wildman–Crippen MR) is 110 cm³/mol. The van der Waals surface area contributed by atoms with E-state index >= 15 is 0 Å². The second kappa shape index (κ2) is 8.16. The maximum atomic E-state index is 13.0. The molecule has 2 amide bonds. The van der Waals surface area contributed by atoms with E-state index in [4.69, 9.17) is 11.6 Å². The number of rotatable bonds is 3. The number of nitrogens with zero attached hydrogens (tertiary/aromatic N) is 2. The van der Waals surface area contributed by atoms with Gasteiger partial charge in [-0.25, -0.2) is 9.69 Å². The van der Waals surface area contributed by atoms with E-state index in [1.807, 2.05) is 13.8 Å². The largest absolute Gasteiger partial charge is 0.573 e. The number of anilines is 2. The van der Waals surface area contributed by atoms with Gasteiger partial charge in [0.15, 0.2) is 5.17 Å². The maximum absolute atomic E-state index is 13.0. The number of carbonyl (C=O) groups excluding carboxylic acids is 1. The van der Waals surface area contributed by atoms with Gasteiger partial charge in [0.25, 0.3) is 0 Å². The van der Waals surface area contributed by atoms with E-state index in [-0.39, 0.29) is 10.5 Å². The van der Waals surface area contributed by atoms with Crippen LogP contribution in [0.3, 0.4) is 0 Å². The van der Waals surface area contributed by atoms with E-state index in [2.05, 4.69) is 15.0 Å². The number of carbonyl (C=O) groups is 1. The molecule has 2 aromatic carbocycles. The zero-order chi connectivity index (χ0) is 21.2. The average molecular weight is 444 g/mol. The second-order valence-electron chi connectivity index (χ2n) is 6.77. The molecule has 2 aromatic rings. The number of urea groups is 1. The third kappa shape index (κ3) is 5.80. The van der Waals surface area contributed by atoms with Crippen LogP contribution in [0.25, 0.3) is 0 Å². The zero-order valence-corrected chi connectivity index (χ0v) is 17.0. The molecule has 3 rings (SSSR count). The topological polar surface area (TPSA) is 53.9 Å². The van der Waals surface area contributed by atoms with Crippen LogP contribution < -0.4 is 15.0 Å². The number of hydrogen-bond donors (Lipinski definition) is 1. The number of amidine groups is 1. The van der Waals surface area contributed by atoms with Crippen LogP contribution in [-0.2, 0) is 0 Å². The summed E-state index contributed by atoms with van der Waals surface area (Å²) >= 11 is 7.27. The minimum Gasteiger partial charge on any atom is -0.406 e. The fourth-order valence-electron chi connectivity index (χ4n) is 2.51. The highest BCUT2D eigenvalue weighted by Crippen LogP contribution is 2.36.